The highest BCUT2D eigenvalue weighted by Crippen LogP contribution is 2.29. The summed E-state index contributed by atoms with van der Waals surface area (Å²) in [5.74, 6) is 0.771. The van der Waals surface area contributed by atoms with Gasteiger partial charge in [0.1, 0.15) is 5.60 Å². The van der Waals surface area contributed by atoms with Gasteiger partial charge >= 0.3 is 12.1 Å². The molecule has 0 bridgehead atoms. The van der Waals surface area contributed by atoms with E-state index in [4.69, 9.17) is 19.9 Å². The van der Waals surface area contributed by atoms with E-state index in [9.17, 15) is 4.79 Å². The number of anilines is 1. The third-order valence-electron chi connectivity index (χ3n) is 6.30. The Hall–Kier alpha value is -2.82. The van der Waals surface area contributed by atoms with Gasteiger partial charge < -0.3 is 29.7 Å². The zero-order valence-electron chi connectivity index (χ0n) is 22.7. The largest absolute Gasteiger partial charge is 0.468 e. The molecule has 0 radical (unpaired) electrons. The molecule has 3 rings (SSSR count). The van der Waals surface area contributed by atoms with Crippen molar-refractivity contribution in [3.8, 4) is 12.0 Å². The number of ether oxygens (including phenoxy) is 3. The normalized spacial score (nSPS) is 15.3. The zero-order valence-corrected chi connectivity index (χ0v) is 22.7. The van der Waals surface area contributed by atoms with Crippen LogP contribution in [-0.4, -0.2) is 88.0 Å². The van der Waals surface area contributed by atoms with Gasteiger partial charge in [0.25, 0.3) is 6.01 Å². The Morgan fingerprint density at radius 2 is 1.89 bits per heavy atom. The molecule has 2 aromatic heterocycles. The molecule has 0 aliphatic carbocycles. The van der Waals surface area contributed by atoms with Crippen molar-refractivity contribution in [2.75, 3.05) is 52.7 Å². The van der Waals surface area contributed by atoms with Gasteiger partial charge in [0, 0.05) is 20.1 Å². The Morgan fingerprint density at radius 3 is 2.53 bits per heavy atom. The van der Waals surface area contributed by atoms with Gasteiger partial charge in [0.15, 0.2) is 17.0 Å². The summed E-state index contributed by atoms with van der Waals surface area (Å²) in [7, 11) is 3.40. The van der Waals surface area contributed by atoms with Crippen LogP contribution in [0, 0.1) is 5.92 Å². The Morgan fingerprint density at radius 1 is 1.17 bits per heavy atom. The molecule has 1 saturated heterocycles. The van der Waals surface area contributed by atoms with Gasteiger partial charge in [-0.2, -0.15) is 15.0 Å². The van der Waals surface area contributed by atoms with Crippen LogP contribution in [0.25, 0.3) is 11.2 Å². The van der Waals surface area contributed by atoms with Crippen LogP contribution in [0.1, 0.15) is 59.8 Å². The first-order valence-corrected chi connectivity index (χ1v) is 13.0. The average Bonchev–Trinajstić information content (AvgIpc) is 3.17. The summed E-state index contributed by atoms with van der Waals surface area (Å²) < 4.78 is 18.7. The number of fused-ring (bicyclic) bond motifs is 1. The molecule has 3 heterocycles. The molecule has 1 aliphatic rings. The van der Waals surface area contributed by atoms with Crippen molar-refractivity contribution >= 4 is 23.1 Å². The number of aromatic nitrogens is 4. The van der Waals surface area contributed by atoms with E-state index in [0.717, 1.165) is 58.3 Å². The van der Waals surface area contributed by atoms with Crippen molar-refractivity contribution in [2.45, 2.75) is 71.9 Å². The van der Waals surface area contributed by atoms with Gasteiger partial charge in [-0.15, -0.1) is 0 Å². The van der Waals surface area contributed by atoms with E-state index in [0.29, 0.717) is 42.1 Å². The number of rotatable bonds is 11. The molecule has 11 heteroatoms. The van der Waals surface area contributed by atoms with Crippen LogP contribution in [0.4, 0.5) is 10.6 Å². The van der Waals surface area contributed by atoms with Crippen molar-refractivity contribution < 1.29 is 19.0 Å². The third kappa shape index (κ3) is 7.59. The van der Waals surface area contributed by atoms with E-state index in [1.54, 1.807) is 19.1 Å². The molecule has 2 aromatic rings. The Balaban J connectivity index is 1.54. The molecule has 202 valence electrons. The first-order chi connectivity index (χ1) is 17.1. The van der Waals surface area contributed by atoms with Gasteiger partial charge in [-0.3, -0.25) is 4.57 Å². The molecule has 36 heavy (non-hydrogen) atoms. The molecule has 0 aromatic carbocycles. The van der Waals surface area contributed by atoms with Gasteiger partial charge in [0.2, 0.25) is 0 Å². The summed E-state index contributed by atoms with van der Waals surface area (Å²) in [5, 5.41) is 0. The summed E-state index contributed by atoms with van der Waals surface area (Å²) in [6.07, 6.45) is 4.72. The van der Waals surface area contributed by atoms with Gasteiger partial charge in [-0.25, -0.2) is 4.79 Å². The zero-order chi connectivity index (χ0) is 26.3. The van der Waals surface area contributed by atoms with E-state index in [1.807, 2.05) is 25.3 Å². The van der Waals surface area contributed by atoms with Crippen LogP contribution in [0.5, 0.6) is 12.0 Å². The van der Waals surface area contributed by atoms with E-state index >= 15 is 0 Å². The van der Waals surface area contributed by atoms with Gasteiger partial charge in [-0.1, -0.05) is 13.3 Å². The molecule has 11 nitrogen and oxygen atoms in total. The van der Waals surface area contributed by atoms with Crippen LogP contribution in [0.3, 0.4) is 0 Å². The molecule has 1 amide bonds. The highest BCUT2D eigenvalue weighted by molar-refractivity contribution is 5.83. The number of amides is 1. The molecule has 2 N–H and O–H groups in total. The summed E-state index contributed by atoms with van der Waals surface area (Å²) >= 11 is 0. The molecule has 1 aliphatic heterocycles. The molecule has 0 spiro atoms. The SMILES string of the molecule is CCCCOc1nc(N)c2nc(OC)n(CC3CCN(CCCN(C)C(=O)OC(C)(C)C)CC3)c2n1. The summed E-state index contributed by atoms with van der Waals surface area (Å²) in [6, 6.07) is 0.771. The van der Waals surface area contributed by atoms with Crippen molar-refractivity contribution in [3.05, 3.63) is 0 Å². The molecule has 0 atom stereocenters. The number of imidazole rings is 1. The highest BCUT2D eigenvalue weighted by atomic mass is 16.6. The molecular weight excluding hydrogens is 462 g/mol. The topological polar surface area (TPSA) is 121 Å². The fourth-order valence-corrected chi connectivity index (χ4v) is 4.29. The number of piperidine rings is 1. The number of likely N-dealkylation sites (tertiary alicyclic amines) is 1. The minimum atomic E-state index is -0.474. The first kappa shape index (κ1) is 27.8. The standard InChI is InChI=1S/C25H43N7O4/c1-7-8-16-35-22-28-20(26)19-21(29-22)32(23(27-19)34-6)17-18-10-14-31(15-11-18)13-9-12-30(5)24(33)36-25(2,3)4/h18H,7-17H2,1-6H3,(H2,26,28,29). The average molecular weight is 506 g/mol. The quantitative estimate of drug-likeness (QED) is 0.457. The monoisotopic (exact) mass is 505 g/mol. The van der Waals surface area contributed by atoms with Crippen molar-refractivity contribution in [2.24, 2.45) is 5.92 Å². The van der Waals surface area contributed by atoms with Crippen molar-refractivity contribution in [1.29, 1.82) is 0 Å². The predicted octanol–water partition coefficient (Wildman–Crippen LogP) is 3.57. The van der Waals surface area contributed by atoms with Crippen LogP contribution < -0.4 is 15.2 Å². The number of carbonyl (C=O) groups is 1. The van der Waals surface area contributed by atoms with E-state index in [1.165, 1.54) is 0 Å². The number of carbonyl (C=O) groups excluding carboxylic acids is 1. The predicted molar refractivity (Wildman–Crippen MR) is 139 cm³/mol. The van der Waals surface area contributed by atoms with E-state index in [2.05, 4.69) is 26.8 Å². The van der Waals surface area contributed by atoms with Gasteiger partial charge in [0.05, 0.1) is 13.7 Å². The summed E-state index contributed by atoms with van der Waals surface area (Å²) in [5.41, 5.74) is 6.88. The van der Waals surface area contributed by atoms with Gasteiger partial charge in [-0.05, 0) is 72.0 Å². The number of nitrogens with zero attached hydrogens (tertiary/aromatic N) is 6. The van der Waals surface area contributed by atoms with Crippen LogP contribution in [0.2, 0.25) is 0 Å². The van der Waals surface area contributed by atoms with E-state index in [-0.39, 0.29) is 12.1 Å². The lowest BCUT2D eigenvalue weighted by Crippen LogP contribution is -2.38. The number of nitrogen functional groups attached to an aromatic ring is 1. The fourth-order valence-electron chi connectivity index (χ4n) is 4.29. The summed E-state index contributed by atoms with van der Waals surface area (Å²) in [6.45, 7) is 12.7. The maximum Gasteiger partial charge on any atom is 0.410 e. The molecule has 1 fully saturated rings. The second-order valence-electron chi connectivity index (χ2n) is 10.5. The van der Waals surface area contributed by atoms with Crippen LogP contribution in [0.15, 0.2) is 0 Å². The van der Waals surface area contributed by atoms with E-state index < -0.39 is 5.60 Å². The summed E-state index contributed by atoms with van der Waals surface area (Å²) in [4.78, 5) is 29.6. The lowest BCUT2D eigenvalue weighted by molar-refractivity contribution is 0.0291. The van der Waals surface area contributed by atoms with Crippen LogP contribution >= 0.6 is 0 Å². The molecule has 0 unspecified atom stereocenters. The maximum absolute atomic E-state index is 12.1. The third-order valence-corrected chi connectivity index (χ3v) is 6.30. The molecule has 0 saturated carbocycles. The first-order valence-electron chi connectivity index (χ1n) is 13.0. The number of methoxy groups -OCH3 is 1. The van der Waals surface area contributed by atoms with Crippen molar-refractivity contribution in [3.63, 3.8) is 0 Å². The maximum atomic E-state index is 12.1. The number of hydrogen-bond donors (Lipinski definition) is 1. The smallest absolute Gasteiger partial charge is 0.410 e. The second kappa shape index (κ2) is 12.4. The number of unbranched alkanes of at least 4 members (excludes halogenated alkanes) is 1. The Bertz CT molecular complexity index is 996. The minimum Gasteiger partial charge on any atom is -0.468 e. The lowest BCUT2D eigenvalue weighted by Gasteiger charge is -2.32. The minimum absolute atomic E-state index is 0.272. The Kier molecular flexibility index (Phi) is 9.58. The van der Waals surface area contributed by atoms with Crippen LogP contribution in [-0.2, 0) is 11.3 Å². The Labute approximate surface area is 214 Å². The fraction of sp³-hybridized carbons (Fsp3) is 0.760. The number of nitrogens with two attached hydrogens (primary N) is 1. The molecular formula is C25H43N7O4. The number of hydrogen-bond acceptors (Lipinski definition) is 9. The highest BCUT2D eigenvalue weighted by Gasteiger charge is 2.25. The second-order valence-corrected chi connectivity index (χ2v) is 10.5. The van der Waals surface area contributed by atoms with Crippen molar-refractivity contribution in [1.82, 2.24) is 29.3 Å². The lowest BCUT2D eigenvalue weighted by atomic mass is 9.96.